The average Bonchev–Trinajstić information content (AvgIpc) is 3.29. The highest BCUT2D eigenvalue weighted by Crippen LogP contribution is 2.47. The summed E-state index contributed by atoms with van der Waals surface area (Å²) in [4.78, 5) is 27.1. The van der Waals surface area contributed by atoms with Gasteiger partial charge in [0.05, 0.1) is 26.4 Å². The van der Waals surface area contributed by atoms with E-state index in [0.29, 0.717) is 73.8 Å². The number of esters is 2. The quantitative estimate of drug-likeness (QED) is 0.0193. The molecule has 0 aromatic heterocycles. The number of hydrogen-bond acceptors (Lipinski definition) is 8. The molecule has 0 amide bonds. The van der Waals surface area contributed by atoms with Crippen molar-refractivity contribution in [2.24, 2.45) is 0 Å². The zero-order valence-electron chi connectivity index (χ0n) is 40.9. The van der Waals surface area contributed by atoms with Crippen LogP contribution in [0.1, 0.15) is 208 Å². The number of rotatable bonds is 36. The van der Waals surface area contributed by atoms with Crippen LogP contribution in [-0.4, -0.2) is 38.4 Å². The minimum Gasteiger partial charge on any atom is -0.490 e. The number of fused-ring (bicyclic) bond motifs is 6. The maximum atomic E-state index is 13.5. The predicted octanol–water partition coefficient (Wildman–Crippen LogP) is 16.7. The largest absolute Gasteiger partial charge is 0.490 e. The van der Waals surface area contributed by atoms with E-state index in [1.807, 2.05) is 24.3 Å². The molecular formula is C56H84O8. The fourth-order valence-corrected chi connectivity index (χ4v) is 8.21. The van der Waals surface area contributed by atoms with Gasteiger partial charge in [-0.25, -0.2) is 0 Å². The summed E-state index contributed by atoms with van der Waals surface area (Å²) in [6, 6.07) is 12.2. The van der Waals surface area contributed by atoms with Crippen LogP contribution in [0.4, 0.5) is 0 Å². The molecule has 8 heteroatoms. The Morgan fingerprint density at radius 2 is 0.516 bits per heavy atom. The van der Waals surface area contributed by atoms with Crippen LogP contribution >= 0.6 is 0 Å². The number of hydrogen-bond donors (Lipinski definition) is 0. The van der Waals surface area contributed by atoms with Crippen molar-refractivity contribution in [2.75, 3.05) is 26.4 Å². The molecule has 0 radical (unpaired) electrons. The zero-order valence-corrected chi connectivity index (χ0v) is 40.9. The number of ether oxygens (including phenoxy) is 6. The molecule has 0 atom stereocenters. The van der Waals surface area contributed by atoms with Gasteiger partial charge in [-0.15, -0.1) is 0 Å². The van der Waals surface area contributed by atoms with Gasteiger partial charge >= 0.3 is 11.9 Å². The van der Waals surface area contributed by atoms with Gasteiger partial charge in [0.1, 0.15) is 0 Å². The van der Waals surface area contributed by atoms with E-state index in [-0.39, 0.29) is 11.9 Å². The molecule has 0 unspecified atom stereocenters. The highest BCUT2D eigenvalue weighted by molar-refractivity contribution is 6.27. The van der Waals surface area contributed by atoms with E-state index in [9.17, 15) is 9.59 Å². The van der Waals surface area contributed by atoms with Crippen LogP contribution < -0.4 is 28.4 Å². The molecule has 356 valence electrons. The third kappa shape index (κ3) is 17.3. The normalized spacial score (nSPS) is 11.4. The highest BCUT2D eigenvalue weighted by atomic mass is 16.6. The molecule has 4 aromatic rings. The van der Waals surface area contributed by atoms with Crippen molar-refractivity contribution in [3.63, 3.8) is 0 Å². The van der Waals surface area contributed by atoms with Gasteiger partial charge in [-0.05, 0) is 107 Å². The average molecular weight is 885 g/mol. The van der Waals surface area contributed by atoms with Gasteiger partial charge in [-0.3, -0.25) is 9.59 Å². The summed E-state index contributed by atoms with van der Waals surface area (Å²) in [7, 11) is 0. The van der Waals surface area contributed by atoms with Crippen LogP contribution in [0.3, 0.4) is 0 Å². The smallest absolute Gasteiger partial charge is 0.311 e. The van der Waals surface area contributed by atoms with Crippen molar-refractivity contribution in [1.82, 2.24) is 0 Å². The van der Waals surface area contributed by atoms with E-state index >= 15 is 0 Å². The Balaban J connectivity index is 1.94. The first kappa shape index (κ1) is 52.4. The Bertz CT molecular complexity index is 1900. The Morgan fingerprint density at radius 3 is 0.797 bits per heavy atom. The topological polar surface area (TPSA) is 89.5 Å². The minimum atomic E-state index is -0.259. The lowest BCUT2D eigenvalue weighted by Crippen LogP contribution is -2.10. The van der Waals surface area contributed by atoms with Crippen LogP contribution in [0.15, 0.2) is 36.4 Å². The molecule has 0 saturated heterocycles. The summed E-state index contributed by atoms with van der Waals surface area (Å²) in [5.74, 6) is 2.76. The molecule has 4 rings (SSSR count). The summed E-state index contributed by atoms with van der Waals surface area (Å²) in [6.45, 7) is 15.3. The lowest BCUT2D eigenvalue weighted by Gasteiger charge is -2.20. The molecule has 0 heterocycles. The second-order valence-corrected chi connectivity index (χ2v) is 17.7. The van der Waals surface area contributed by atoms with E-state index in [2.05, 4.69) is 53.7 Å². The van der Waals surface area contributed by atoms with E-state index in [0.717, 1.165) is 148 Å². The molecule has 0 N–H and O–H groups in total. The van der Waals surface area contributed by atoms with Crippen LogP contribution in [0.5, 0.6) is 34.5 Å². The minimum absolute atomic E-state index is 0.259. The van der Waals surface area contributed by atoms with Crippen molar-refractivity contribution in [3.8, 4) is 34.5 Å². The molecule has 0 bridgehead atoms. The van der Waals surface area contributed by atoms with Gasteiger partial charge in [-0.2, -0.15) is 0 Å². The van der Waals surface area contributed by atoms with E-state index in [1.165, 1.54) is 38.5 Å². The van der Waals surface area contributed by atoms with E-state index in [4.69, 9.17) is 28.4 Å². The first-order chi connectivity index (χ1) is 31.4. The van der Waals surface area contributed by atoms with Gasteiger partial charge in [0.15, 0.2) is 34.5 Å². The summed E-state index contributed by atoms with van der Waals surface area (Å²) in [5.41, 5.74) is 0. The standard InChI is InChI=1S/C56H84O8/c1-7-13-19-21-23-25-31-55(57)63-53-41-47-44-38-50(60-34-28-16-10-4)49(59-33-27-15-9-3)37-43(44)45-39-51(61-35-29-17-11-5)54(64-56(58)32-26-24-22-20-14-8-2)42-48(45)46(47)40-52(53)62-36-30-18-12-6/h37-42H,7-36H2,1-6H3. The first-order valence-corrected chi connectivity index (χ1v) is 25.9. The second kappa shape index (κ2) is 30.8. The molecule has 0 aliphatic heterocycles. The molecule has 0 fully saturated rings. The Labute approximate surface area is 386 Å². The molecule has 0 spiro atoms. The fourth-order valence-electron chi connectivity index (χ4n) is 8.21. The molecule has 4 aromatic carbocycles. The Morgan fingerprint density at radius 1 is 0.297 bits per heavy atom. The van der Waals surface area contributed by atoms with E-state index < -0.39 is 0 Å². The first-order valence-electron chi connectivity index (χ1n) is 25.9. The SMILES string of the molecule is CCCCCCCCC(=O)Oc1cc2c3cc(OCCCCC)c(OCCCCC)cc3c3cc(OCCCCC)c(OC(=O)CCCCCCCC)cc3c2cc1OCCCCC. The van der Waals surface area contributed by atoms with Gasteiger partial charge in [-0.1, -0.05) is 157 Å². The van der Waals surface area contributed by atoms with Crippen molar-refractivity contribution in [2.45, 2.75) is 208 Å². The second-order valence-electron chi connectivity index (χ2n) is 17.7. The molecule has 8 nitrogen and oxygen atoms in total. The summed E-state index contributed by atoms with van der Waals surface area (Å²) in [6.07, 6.45) is 26.0. The third-order valence-corrected chi connectivity index (χ3v) is 12.1. The summed E-state index contributed by atoms with van der Waals surface area (Å²) in [5, 5.41) is 5.46. The van der Waals surface area contributed by atoms with Crippen LogP contribution in [0.2, 0.25) is 0 Å². The van der Waals surface area contributed by atoms with Crippen LogP contribution in [0, 0.1) is 0 Å². The van der Waals surface area contributed by atoms with Crippen molar-refractivity contribution in [1.29, 1.82) is 0 Å². The lowest BCUT2D eigenvalue weighted by atomic mass is 9.93. The van der Waals surface area contributed by atoms with Gasteiger partial charge in [0.25, 0.3) is 0 Å². The maximum absolute atomic E-state index is 13.5. The highest BCUT2D eigenvalue weighted by Gasteiger charge is 2.22. The molecule has 0 aliphatic rings. The fraction of sp³-hybridized carbons (Fsp3) is 0.643. The number of unbranched alkanes of at least 4 members (excludes halogenated alkanes) is 18. The molecular weight excluding hydrogens is 801 g/mol. The molecule has 0 aliphatic carbocycles. The number of carbonyl (C=O) groups is 2. The van der Waals surface area contributed by atoms with Crippen LogP contribution in [-0.2, 0) is 9.59 Å². The maximum Gasteiger partial charge on any atom is 0.311 e. The Kier molecular flexibility index (Phi) is 25.3. The van der Waals surface area contributed by atoms with Gasteiger partial charge in [0.2, 0.25) is 0 Å². The Hall–Kier alpha value is -4.20. The van der Waals surface area contributed by atoms with Crippen molar-refractivity contribution < 1.29 is 38.0 Å². The van der Waals surface area contributed by atoms with Crippen molar-refractivity contribution >= 4 is 44.3 Å². The monoisotopic (exact) mass is 885 g/mol. The number of benzene rings is 4. The molecule has 64 heavy (non-hydrogen) atoms. The lowest BCUT2D eigenvalue weighted by molar-refractivity contribution is -0.135. The summed E-state index contributed by atoms with van der Waals surface area (Å²) < 4.78 is 38.6. The molecule has 0 saturated carbocycles. The van der Waals surface area contributed by atoms with Crippen molar-refractivity contribution in [3.05, 3.63) is 36.4 Å². The van der Waals surface area contributed by atoms with Gasteiger partial charge in [0, 0.05) is 12.8 Å². The van der Waals surface area contributed by atoms with E-state index in [1.54, 1.807) is 0 Å². The summed E-state index contributed by atoms with van der Waals surface area (Å²) >= 11 is 0. The number of carbonyl (C=O) groups excluding carboxylic acids is 2. The third-order valence-electron chi connectivity index (χ3n) is 12.1. The van der Waals surface area contributed by atoms with Crippen LogP contribution in [0.25, 0.3) is 32.3 Å². The predicted molar refractivity (Wildman–Crippen MR) is 266 cm³/mol. The zero-order chi connectivity index (χ0) is 45.8. The van der Waals surface area contributed by atoms with Gasteiger partial charge < -0.3 is 28.4 Å².